The highest BCUT2D eigenvalue weighted by molar-refractivity contribution is 5.35. The van der Waals surface area contributed by atoms with Crippen molar-refractivity contribution in [2.45, 2.75) is 34.1 Å². The molecule has 0 aliphatic carbocycles. The van der Waals surface area contributed by atoms with E-state index in [-0.39, 0.29) is 5.22 Å². The van der Waals surface area contributed by atoms with E-state index in [4.69, 9.17) is 5.84 Å². The molecule has 0 saturated carbocycles. The molecule has 16 heavy (non-hydrogen) atoms. The lowest BCUT2D eigenvalue weighted by Gasteiger charge is -1.97. The Morgan fingerprint density at radius 2 is 2.12 bits per heavy atom. The smallest absolute Gasteiger partial charge is 0.279 e. The van der Waals surface area contributed by atoms with Gasteiger partial charge in [0, 0.05) is 6.20 Å². The Morgan fingerprint density at radius 1 is 1.56 bits per heavy atom. The normalized spacial score (nSPS) is 12.9. The van der Waals surface area contributed by atoms with Crippen LogP contribution in [-0.2, 0) is 0 Å². The Balaban J connectivity index is 0.00000106. The summed E-state index contributed by atoms with van der Waals surface area (Å²) in [6.45, 7) is 7.18. The van der Waals surface area contributed by atoms with Gasteiger partial charge < -0.3 is 5.84 Å². The maximum Gasteiger partial charge on any atom is 0.279 e. The molecule has 1 rings (SSSR count). The molecule has 0 bridgehead atoms. The molecule has 0 amide bonds. The molecule has 0 atom stereocenters. The lowest BCUT2D eigenvalue weighted by molar-refractivity contribution is 0.734. The molecule has 2 N–H and O–H groups in total. The van der Waals surface area contributed by atoms with Crippen molar-refractivity contribution in [3.05, 3.63) is 33.1 Å². The minimum Gasteiger partial charge on any atom is -0.336 e. The van der Waals surface area contributed by atoms with Gasteiger partial charge in [-0.3, -0.25) is 4.79 Å². The molecule has 0 radical (unpaired) electrons. The van der Waals surface area contributed by atoms with E-state index in [9.17, 15) is 9.18 Å². The van der Waals surface area contributed by atoms with Gasteiger partial charge in [0.2, 0.25) is 0 Å². The molecule has 1 heterocycles. The Bertz CT molecular complexity index is 499. The standard InChI is InChI=1S/C10H13FN2O.C2H6/c1-3-4-8-5-6-13(12)10(14)9(8)7(2)11;1-2/h4-6H,3,12H2,1-2H3;1-2H3/b8-4-,9-7-;. The van der Waals surface area contributed by atoms with Crippen molar-refractivity contribution in [2.24, 2.45) is 0 Å². The summed E-state index contributed by atoms with van der Waals surface area (Å²) in [4.78, 5) is 11.5. The zero-order valence-electron chi connectivity index (χ0n) is 10.2. The number of hydrogen-bond donors (Lipinski definition) is 1. The van der Waals surface area contributed by atoms with E-state index >= 15 is 0 Å². The molecular weight excluding hydrogens is 207 g/mol. The Morgan fingerprint density at radius 3 is 2.56 bits per heavy atom. The summed E-state index contributed by atoms with van der Waals surface area (Å²) in [6.07, 6.45) is 3.96. The topological polar surface area (TPSA) is 48.0 Å². The van der Waals surface area contributed by atoms with Crippen molar-refractivity contribution in [3.63, 3.8) is 0 Å². The first-order valence-electron chi connectivity index (χ1n) is 5.41. The van der Waals surface area contributed by atoms with Gasteiger partial charge in [0.1, 0.15) is 5.83 Å². The summed E-state index contributed by atoms with van der Waals surface area (Å²) in [6, 6.07) is 1.63. The number of nitrogens with zero attached hydrogens (tertiary/aromatic N) is 1. The van der Waals surface area contributed by atoms with Gasteiger partial charge in [-0.1, -0.05) is 26.8 Å². The quantitative estimate of drug-likeness (QED) is 0.722. The molecule has 0 unspecified atom stereocenters. The second kappa shape index (κ2) is 6.82. The van der Waals surface area contributed by atoms with Crippen LogP contribution in [0.15, 0.2) is 17.1 Å². The summed E-state index contributed by atoms with van der Waals surface area (Å²) in [5.74, 6) is 4.83. The number of nitrogens with two attached hydrogens (primary N) is 1. The Kier molecular flexibility index (Phi) is 6.15. The third-order valence-electron chi connectivity index (χ3n) is 1.92. The van der Waals surface area contributed by atoms with E-state index in [0.29, 0.717) is 5.22 Å². The molecule has 4 heteroatoms. The van der Waals surface area contributed by atoms with Crippen molar-refractivity contribution in [2.75, 3.05) is 5.84 Å². The summed E-state index contributed by atoms with van der Waals surface area (Å²) in [5.41, 5.74) is -0.507. The van der Waals surface area contributed by atoms with Crippen LogP contribution in [0.1, 0.15) is 34.1 Å². The van der Waals surface area contributed by atoms with Crippen molar-refractivity contribution < 1.29 is 4.39 Å². The third kappa shape index (κ3) is 3.22. The van der Waals surface area contributed by atoms with Crippen LogP contribution >= 0.6 is 0 Å². The predicted octanol–water partition coefficient (Wildman–Crippen LogP) is 0.876. The zero-order chi connectivity index (χ0) is 12.7. The lowest BCUT2D eigenvalue weighted by Crippen LogP contribution is -2.47. The highest BCUT2D eigenvalue weighted by atomic mass is 19.1. The molecule has 0 aliphatic rings. The fraction of sp³-hybridized carbons (Fsp3) is 0.417. The van der Waals surface area contributed by atoms with Gasteiger partial charge in [0.05, 0.1) is 5.22 Å². The SMILES string of the molecule is CC.CC/C=c1/ccn(N)c(=O)/c1=C(/C)F. The van der Waals surface area contributed by atoms with Crippen LogP contribution in [0.5, 0.6) is 0 Å². The van der Waals surface area contributed by atoms with E-state index < -0.39 is 11.4 Å². The lowest BCUT2D eigenvalue weighted by atomic mass is 10.2. The zero-order valence-corrected chi connectivity index (χ0v) is 10.2. The fourth-order valence-electron chi connectivity index (χ4n) is 1.30. The molecule has 90 valence electrons. The molecule has 1 aromatic rings. The van der Waals surface area contributed by atoms with Gasteiger partial charge >= 0.3 is 0 Å². The van der Waals surface area contributed by atoms with Gasteiger partial charge in [-0.15, -0.1) is 0 Å². The fourth-order valence-corrected chi connectivity index (χ4v) is 1.30. The second-order valence-electron chi connectivity index (χ2n) is 3.00. The number of pyridine rings is 1. The molecular formula is C12H19FN2O. The molecule has 0 aromatic carbocycles. The first-order chi connectivity index (χ1) is 7.57. The van der Waals surface area contributed by atoms with Crippen LogP contribution in [0.4, 0.5) is 4.39 Å². The van der Waals surface area contributed by atoms with Crippen molar-refractivity contribution in [3.8, 4) is 0 Å². The van der Waals surface area contributed by atoms with Crippen LogP contribution in [0.3, 0.4) is 0 Å². The highest BCUT2D eigenvalue weighted by Gasteiger charge is 1.99. The first-order valence-corrected chi connectivity index (χ1v) is 5.41. The van der Waals surface area contributed by atoms with Crippen LogP contribution in [0, 0.1) is 0 Å². The average molecular weight is 226 g/mol. The number of hydrogen-bond acceptors (Lipinski definition) is 2. The largest absolute Gasteiger partial charge is 0.336 e. The van der Waals surface area contributed by atoms with E-state index in [0.717, 1.165) is 11.1 Å². The number of nitrogen functional groups attached to an aromatic ring is 1. The van der Waals surface area contributed by atoms with Gasteiger partial charge in [-0.25, -0.2) is 9.07 Å². The van der Waals surface area contributed by atoms with Gasteiger partial charge in [-0.05, 0) is 24.6 Å². The van der Waals surface area contributed by atoms with Crippen LogP contribution < -0.4 is 21.8 Å². The summed E-state index contributed by atoms with van der Waals surface area (Å²) in [7, 11) is 0. The molecule has 0 spiro atoms. The maximum absolute atomic E-state index is 13.1. The van der Waals surface area contributed by atoms with Crippen LogP contribution in [-0.4, -0.2) is 4.68 Å². The van der Waals surface area contributed by atoms with Crippen LogP contribution in [0.2, 0.25) is 0 Å². The van der Waals surface area contributed by atoms with E-state index in [1.807, 2.05) is 20.8 Å². The monoisotopic (exact) mass is 226 g/mol. The van der Waals surface area contributed by atoms with E-state index in [1.165, 1.54) is 13.1 Å². The Labute approximate surface area is 94.7 Å². The molecule has 3 nitrogen and oxygen atoms in total. The summed E-state index contributed by atoms with van der Waals surface area (Å²) >= 11 is 0. The van der Waals surface area contributed by atoms with E-state index in [2.05, 4.69) is 0 Å². The molecule has 0 fully saturated rings. The van der Waals surface area contributed by atoms with Gasteiger partial charge in [0.25, 0.3) is 5.56 Å². The number of rotatable bonds is 1. The number of halogens is 1. The minimum atomic E-state index is -0.507. The minimum absolute atomic E-state index is 0.0526. The Hall–Kier alpha value is -1.58. The van der Waals surface area contributed by atoms with Crippen LogP contribution in [0.25, 0.3) is 11.9 Å². The van der Waals surface area contributed by atoms with Gasteiger partial charge in [-0.2, -0.15) is 0 Å². The van der Waals surface area contributed by atoms with Crippen molar-refractivity contribution in [1.29, 1.82) is 0 Å². The highest BCUT2D eigenvalue weighted by Crippen LogP contribution is 1.85. The number of aromatic nitrogens is 1. The molecule has 0 aliphatic heterocycles. The van der Waals surface area contributed by atoms with Crippen molar-refractivity contribution in [1.82, 2.24) is 4.68 Å². The third-order valence-corrected chi connectivity index (χ3v) is 1.92. The van der Waals surface area contributed by atoms with E-state index in [1.54, 1.807) is 12.1 Å². The predicted molar refractivity (Wildman–Crippen MR) is 66.4 cm³/mol. The first kappa shape index (κ1) is 14.4. The van der Waals surface area contributed by atoms with Crippen molar-refractivity contribution >= 4 is 11.9 Å². The maximum atomic E-state index is 13.1. The molecule has 1 aromatic heterocycles. The molecule has 0 saturated heterocycles. The summed E-state index contributed by atoms with van der Waals surface area (Å²) < 4.78 is 14.0. The van der Waals surface area contributed by atoms with Gasteiger partial charge in [0.15, 0.2) is 0 Å². The summed E-state index contributed by atoms with van der Waals surface area (Å²) in [5, 5.41) is 0.649. The second-order valence-corrected chi connectivity index (χ2v) is 3.00. The average Bonchev–Trinajstić information content (AvgIpc) is 2.26.